The van der Waals surface area contributed by atoms with E-state index in [1.165, 1.54) is 0 Å². The van der Waals surface area contributed by atoms with Gasteiger partial charge in [-0.05, 0) is 43.0 Å². The number of para-hydroxylation sites is 1. The Labute approximate surface area is 171 Å². The Kier molecular flexibility index (Phi) is 6.85. The van der Waals surface area contributed by atoms with Crippen LogP contribution >= 0.6 is 0 Å². The van der Waals surface area contributed by atoms with E-state index >= 15 is 0 Å². The van der Waals surface area contributed by atoms with Crippen molar-refractivity contribution >= 4 is 29.2 Å². The lowest BCUT2D eigenvalue weighted by Gasteiger charge is -2.18. The van der Waals surface area contributed by atoms with Crippen LogP contribution in [-0.2, 0) is 4.79 Å². The third kappa shape index (κ3) is 4.94. The van der Waals surface area contributed by atoms with E-state index in [0.717, 1.165) is 59.6 Å². The topological polar surface area (TPSA) is 101 Å². The van der Waals surface area contributed by atoms with Gasteiger partial charge in [0.05, 0.1) is 23.9 Å². The summed E-state index contributed by atoms with van der Waals surface area (Å²) in [5.41, 5.74) is 6.03. The first kappa shape index (κ1) is 20.4. The summed E-state index contributed by atoms with van der Waals surface area (Å²) in [5, 5.41) is 26.9. The van der Waals surface area contributed by atoms with Crippen LogP contribution in [0.4, 0.5) is 17.1 Å². The Balaban J connectivity index is 2.03. The SMILES string of the molecule is CCCNc1c(NC=O)cccc1-c1ccc(NCCC#N)c(C(=N)C2CC2)c1. The van der Waals surface area contributed by atoms with Gasteiger partial charge >= 0.3 is 0 Å². The smallest absolute Gasteiger partial charge is 0.211 e. The molecule has 0 radical (unpaired) electrons. The Bertz CT molecular complexity index is 927. The van der Waals surface area contributed by atoms with Crippen LogP contribution in [0.1, 0.15) is 38.2 Å². The molecule has 0 spiro atoms. The standard InChI is InChI=1S/C23H27N5O/c1-2-12-27-23-18(5-3-6-21(23)28-15-29)17-9-10-20(26-13-4-11-24)19(14-17)22(25)16-7-8-16/h3,5-6,9-10,14-16,25-27H,2,4,7-8,12-13H2,1H3,(H,28,29). The minimum Gasteiger partial charge on any atom is -0.383 e. The summed E-state index contributed by atoms with van der Waals surface area (Å²) in [6.07, 6.45) is 4.19. The van der Waals surface area contributed by atoms with Crippen LogP contribution in [0.2, 0.25) is 0 Å². The number of rotatable bonds is 11. The largest absolute Gasteiger partial charge is 0.383 e. The number of nitriles is 1. The molecule has 1 fully saturated rings. The number of hydrogen-bond donors (Lipinski definition) is 4. The molecule has 1 aliphatic rings. The van der Waals surface area contributed by atoms with Gasteiger partial charge in [-0.2, -0.15) is 5.26 Å². The van der Waals surface area contributed by atoms with E-state index < -0.39 is 0 Å². The lowest BCUT2D eigenvalue weighted by atomic mass is 9.95. The van der Waals surface area contributed by atoms with Gasteiger partial charge in [-0.25, -0.2) is 0 Å². The van der Waals surface area contributed by atoms with E-state index in [4.69, 9.17) is 10.7 Å². The normalized spacial score (nSPS) is 12.7. The highest BCUT2D eigenvalue weighted by atomic mass is 16.1. The molecule has 150 valence electrons. The average molecular weight is 390 g/mol. The van der Waals surface area contributed by atoms with Gasteiger partial charge in [0.25, 0.3) is 0 Å². The number of carbonyl (C=O) groups excluding carboxylic acids is 1. The number of benzene rings is 2. The average Bonchev–Trinajstić information content (AvgIpc) is 3.58. The van der Waals surface area contributed by atoms with Gasteiger partial charge in [0.2, 0.25) is 6.41 Å². The van der Waals surface area contributed by atoms with Crippen molar-refractivity contribution in [3.8, 4) is 17.2 Å². The van der Waals surface area contributed by atoms with E-state index in [0.29, 0.717) is 31.0 Å². The minimum absolute atomic E-state index is 0.322. The summed E-state index contributed by atoms with van der Waals surface area (Å²) in [7, 11) is 0. The highest BCUT2D eigenvalue weighted by Gasteiger charge is 2.29. The molecule has 1 aliphatic carbocycles. The fourth-order valence-corrected chi connectivity index (χ4v) is 3.35. The highest BCUT2D eigenvalue weighted by Crippen LogP contribution is 2.39. The van der Waals surface area contributed by atoms with Crippen molar-refractivity contribution in [2.24, 2.45) is 5.92 Å². The number of amides is 1. The van der Waals surface area contributed by atoms with Crippen LogP contribution in [-0.4, -0.2) is 25.2 Å². The monoisotopic (exact) mass is 389 g/mol. The molecule has 0 aromatic heterocycles. The summed E-state index contributed by atoms with van der Waals surface area (Å²) in [6.45, 7) is 3.45. The van der Waals surface area contributed by atoms with E-state index in [-0.39, 0.29) is 0 Å². The van der Waals surface area contributed by atoms with Crippen LogP contribution in [0.15, 0.2) is 36.4 Å². The molecule has 0 atom stereocenters. The molecule has 2 aromatic carbocycles. The molecule has 0 bridgehead atoms. The first-order chi connectivity index (χ1) is 14.2. The minimum atomic E-state index is 0.322. The molecular weight excluding hydrogens is 362 g/mol. The Hall–Kier alpha value is -3.33. The zero-order valence-electron chi connectivity index (χ0n) is 16.7. The van der Waals surface area contributed by atoms with E-state index in [2.05, 4.69) is 28.9 Å². The van der Waals surface area contributed by atoms with E-state index in [1.54, 1.807) is 0 Å². The second kappa shape index (κ2) is 9.74. The molecule has 0 aliphatic heterocycles. The van der Waals surface area contributed by atoms with Gasteiger partial charge < -0.3 is 21.4 Å². The van der Waals surface area contributed by atoms with Crippen LogP contribution in [0.25, 0.3) is 11.1 Å². The van der Waals surface area contributed by atoms with Crippen molar-refractivity contribution in [3.05, 3.63) is 42.0 Å². The lowest BCUT2D eigenvalue weighted by Crippen LogP contribution is -2.10. The van der Waals surface area contributed by atoms with Crippen molar-refractivity contribution in [1.29, 1.82) is 10.7 Å². The molecule has 4 N–H and O–H groups in total. The van der Waals surface area contributed by atoms with Crippen LogP contribution in [0, 0.1) is 22.7 Å². The Morgan fingerprint density at radius 3 is 2.72 bits per heavy atom. The summed E-state index contributed by atoms with van der Waals surface area (Å²) in [5.74, 6) is 0.322. The van der Waals surface area contributed by atoms with Gasteiger partial charge in [0, 0.05) is 41.5 Å². The molecule has 1 amide bonds. The van der Waals surface area contributed by atoms with Crippen molar-refractivity contribution in [2.45, 2.75) is 32.6 Å². The van der Waals surface area contributed by atoms with Crippen molar-refractivity contribution < 1.29 is 4.79 Å². The number of carbonyl (C=O) groups is 1. The summed E-state index contributed by atoms with van der Waals surface area (Å²) in [4.78, 5) is 11.0. The zero-order chi connectivity index (χ0) is 20.6. The first-order valence-electron chi connectivity index (χ1n) is 10.1. The maximum Gasteiger partial charge on any atom is 0.211 e. The third-order valence-corrected chi connectivity index (χ3v) is 4.99. The van der Waals surface area contributed by atoms with Crippen molar-refractivity contribution in [2.75, 3.05) is 29.0 Å². The molecule has 6 nitrogen and oxygen atoms in total. The second-order valence-corrected chi connectivity index (χ2v) is 7.20. The molecule has 6 heteroatoms. The predicted octanol–water partition coefficient (Wildman–Crippen LogP) is 4.85. The van der Waals surface area contributed by atoms with E-state index in [9.17, 15) is 4.79 Å². The van der Waals surface area contributed by atoms with Crippen LogP contribution in [0.5, 0.6) is 0 Å². The number of hydrogen-bond acceptors (Lipinski definition) is 5. The molecule has 0 saturated heterocycles. The number of nitrogens with one attached hydrogen (secondary N) is 4. The van der Waals surface area contributed by atoms with Crippen LogP contribution in [0.3, 0.4) is 0 Å². The first-order valence-corrected chi connectivity index (χ1v) is 10.1. The van der Waals surface area contributed by atoms with Crippen molar-refractivity contribution in [1.82, 2.24) is 0 Å². The van der Waals surface area contributed by atoms with Crippen molar-refractivity contribution in [3.63, 3.8) is 0 Å². The Morgan fingerprint density at radius 1 is 1.21 bits per heavy atom. The molecule has 1 saturated carbocycles. The van der Waals surface area contributed by atoms with Gasteiger partial charge in [-0.15, -0.1) is 0 Å². The number of nitrogens with zero attached hydrogens (tertiary/aromatic N) is 1. The van der Waals surface area contributed by atoms with Gasteiger partial charge in [-0.3, -0.25) is 4.79 Å². The molecule has 3 rings (SSSR count). The highest BCUT2D eigenvalue weighted by molar-refractivity contribution is 6.07. The fraction of sp³-hybridized carbons (Fsp3) is 0.348. The maximum atomic E-state index is 11.0. The molecule has 0 unspecified atom stereocenters. The molecular formula is C23H27N5O. The molecule has 0 heterocycles. The van der Waals surface area contributed by atoms with Gasteiger partial charge in [0.15, 0.2) is 0 Å². The maximum absolute atomic E-state index is 11.0. The summed E-state index contributed by atoms with van der Waals surface area (Å²) in [6, 6.07) is 14.0. The Morgan fingerprint density at radius 2 is 2.03 bits per heavy atom. The zero-order valence-corrected chi connectivity index (χ0v) is 16.7. The predicted molar refractivity (Wildman–Crippen MR) is 119 cm³/mol. The summed E-state index contributed by atoms with van der Waals surface area (Å²) >= 11 is 0. The molecule has 2 aromatic rings. The second-order valence-electron chi connectivity index (χ2n) is 7.20. The van der Waals surface area contributed by atoms with Crippen LogP contribution < -0.4 is 16.0 Å². The van der Waals surface area contributed by atoms with E-state index in [1.807, 2.05) is 36.4 Å². The quantitative estimate of drug-likeness (QED) is 0.251. The number of anilines is 3. The summed E-state index contributed by atoms with van der Waals surface area (Å²) < 4.78 is 0. The lowest BCUT2D eigenvalue weighted by molar-refractivity contribution is -0.105. The van der Waals surface area contributed by atoms with Gasteiger partial charge in [0.1, 0.15) is 0 Å². The van der Waals surface area contributed by atoms with Gasteiger partial charge in [-0.1, -0.05) is 25.1 Å². The third-order valence-electron chi connectivity index (χ3n) is 4.99. The molecule has 29 heavy (non-hydrogen) atoms. The fourth-order valence-electron chi connectivity index (χ4n) is 3.35.